The molecule has 0 unspecified atom stereocenters. The molecule has 0 N–H and O–H groups in total. The zero-order valence-corrected chi connectivity index (χ0v) is 15.3. The Balaban J connectivity index is 2.59. The first kappa shape index (κ1) is 17.0. The molecule has 0 atom stereocenters. The number of aryl methyl sites for hydroxylation is 1. The summed E-state index contributed by atoms with van der Waals surface area (Å²) in [5, 5.41) is 0.276. The number of nitrogens with zero attached hydrogens (tertiary/aromatic N) is 1. The van der Waals surface area contributed by atoms with E-state index in [2.05, 4.69) is 4.85 Å². The van der Waals surface area contributed by atoms with Crippen LogP contribution in [0.15, 0.2) is 58.5 Å². The predicted molar refractivity (Wildman–Crippen MR) is 97.4 cm³/mol. The quantitative estimate of drug-likeness (QED) is 0.489. The van der Waals surface area contributed by atoms with Crippen LogP contribution < -0.4 is 0 Å². The third-order valence-corrected chi connectivity index (χ3v) is 6.42. The number of rotatable bonds is 3. The lowest BCUT2D eigenvalue weighted by atomic mass is 10.2. The number of sulfone groups is 1. The van der Waals surface area contributed by atoms with E-state index in [1.165, 1.54) is 12.1 Å². The van der Waals surface area contributed by atoms with Gasteiger partial charge in [-0.2, -0.15) is 0 Å². The smallest absolute Gasteiger partial charge is 0.230 e. The number of halogens is 2. The van der Waals surface area contributed by atoms with Gasteiger partial charge in [0.25, 0.3) is 5.03 Å². The Morgan fingerprint density at radius 2 is 1.64 bits per heavy atom. The minimum atomic E-state index is -3.84. The zero-order chi connectivity index (χ0) is 16.3. The summed E-state index contributed by atoms with van der Waals surface area (Å²) in [6, 6.07) is 13.2. The van der Waals surface area contributed by atoms with Gasteiger partial charge in [-0.3, -0.25) is 0 Å². The van der Waals surface area contributed by atoms with E-state index in [0.29, 0.717) is 14.2 Å². The van der Waals surface area contributed by atoms with Gasteiger partial charge >= 0.3 is 0 Å². The molecule has 0 aliphatic rings. The summed E-state index contributed by atoms with van der Waals surface area (Å²) in [4.78, 5) is 3.38. The van der Waals surface area contributed by atoms with Gasteiger partial charge in [-0.05, 0) is 36.8 Å². The Labute approximate surface area is 148 Å². The van der Waals surface area contributed by atoms with Gasteiger partial charge in [0, 0.05) is 8.60 Å². The number of hydrogen-bond donors (Lipinski definition) is 0. The largest absolute Gasteiger partial charge is 0.296 e. The zero-order valence-electron chi connectivity index (χ0n) is 11.5. The van der Waals surface area contributed by atoms with Crippen LogP contribution in [0, 0.1) is 13.5 Å². The highest BCUT2D eigenvalue weighted by Gasteiger charge is 2.25. The van der Waals surface area contributed by atoms with Gasteiger partial charge < -0.3 is 0 Å². The van der Waals surface area contributed by atoms with Crippen LogP contribution in [-0.2, 0) is 9.84 Å². The molecule has 112 valence electrons. The lowest BCUT2D eigenvalue weighted by molar-refractivity contribution is 0.603. The molecular formula is C16H11ClINO2S. The Morgan fingerprint density at radius 3 is 2.14 bits per heavy atom. The van der Waals surface area contributed by atoms with Crippen molar-refractivity contribution in [3.05, 3.63) is 81.1 Å². The first-order valence-electron chi connectivity index (χ1n) is 6.21. The van der Waals surface area contributed by atoms with E-state index in [9.17, 15) is 8.42 Å². The highest BCUT2D eigenvalue weighted by molar-refractivity contribution is 14.1. The van der Waals surface area contributed by atoms with Gasteiger partial charge in [-0.25, -0.2) is 13.3 Å². The molecule has 0 aliphatic heterocycles. The van der Waals surface area contributed by atoms with E-state index in [1.807, 2.05) is 29.5 Å². The molecule has 0 bridgehead atoms. The molecule has 2 aromatic rings. The van der Waals surface area contributed by atoms with Crippen LogP contribution in [0.3, 0.4) is 0 Å². The summed E-state index contributed by atoms with van der Waals surface area (Å²) in [6.45, 7) is 9.16. The van der Waals surface area contributed by atoms with E-state index in [4.69, 9.17) is 18.2 Å². The van der Waals surface area contributed by atoms with Crippen LogP contribution in [0.2, 0.25) is 5.02 Å². The fourth-order valence-electron chi connectivity index (χ4n) is 1.78. The Hall–Kier alpha value is -1.36. The number of benzene rings is 2. The Bertz CT molecular complexity index is 864. The van der Waals surface area contributed by atoms with Gasteiger partial charge in [0.15, 0.2) is 0 Å². The van der Waals surface area contributed by atoms with Crippen molar-refractivity contribution in [2.75, 3.05) is 0 Å². The molecule has 3 nitrogen and oxygen atoms in total. The second kappa shape index (κ2) is 6.82. The molecule has 0 heterocycles. The molecule has 22 heavy (non-hydrogen) atoms. The van der Waals surface area contributed by atoms with E-state index in [1.54, 1.807) is 36.4 Å². The molecule has 0 fully saturated rings. The second-order valence-electron chi connectivity index (χ2n) is 4.55. The van der Waals surface area contributed by atoms with Gasteiger partial charge in [0.05, 0.1) is 11.5 Å². The highest BCUT2D eigenvalue weighted by Crippen LogP contribution is 2.33. The molecule has 2 aromatic carbocycles. The topological polar surface area (TPSA) is 38.5 Å². The van der Waals surface area contributed by atoms with Crippen LogP contribution in [-0.4, -0.2) is 8.42 Å². The van der Waals surface area contributed by atoms with E-state index >= 15 is 0 Å². The Kier molecular flexibility index (Phi) is 5.27. The van der Waals surface area contributed by atoms with Crippen molar-refractivity contribution in [1.82, 2.24) is 0 Å². The molecule has 0 radical (unpaired) electrons. The highest BCUT2D eigenvalue weighted by atomic mass is 127. The van der Waals surface area contributed by atoms with Crippen molar-refractivity contribution in [3.8, 4) is 0 Å². The molecule has 0 amide bonds. The second-order valence-corrected chi connectivity index (χ2v) is 7.93. The van der Waals surface area contributed by atoms with Crippen LogP contribution in [0.5, 0.6) is 0 Å². The average Bonchev–Trinajstić information content (AvgIpc) is 2.48. The summed E-state index contributed by atoms with van der Waals surface area (Å²) in [6.07, 6.45) is 0. The molecule has 6 heteroatoms. The van der Waals surface area contributed by atoms with Crippen molar-refractivity contribution in [1.29, 1.82) is 0 Å². The molecule has 0 aromatic heterocycles. The first-order chi connectivity index (χ1) is 10.4. The minimum Gasteiger partial charge on any atom is -0.230 e. The van der Waals surface area contributed by atoms with Crippen LogP contribution in [0.4, 0.5) is 0 Å². The maximum absolute atomic E-state index is 12.7. The normalized spacial score (nSPS) is 12.5. The summed E-state index contributed by atoms with van der Waals surface area (Å²) < 4.78 is 25.7. The molecule has 0 saturated carbocycles. The summed E-state index contributed by atoms with van der Waals surface area (Å²) >= 11 is 7.72. The molecule has 0 spiro atoms. The van der Waals surface area contributed by atoms with Gasteiger partial charge in [-0.1, -0.05) is 64.0 Å². The van der Waals surface area contributed by atoms with Gasteiger partial charge in [-0.15, -0.1) is 0 Å². The fourth-order valence-corrected chi connectivity index (χ4v) is 4.44. The van der Waals surface area contributed by atoms with Crippen molar-refractivity contribution in [3.63, 3.8) is 0 Å². The maximum atomic E-state index is 12.7. The summed E-state index contributed by atoms with van der Waals surface area (Å²) in [5.74, 6) is 0. The standard InChI is InChI=1S/C16H11ClINO2S/c1-11-3-9-14(10-4-11)22(20,21)16(19-2)15(18)12-5-7-13(17)8-6-12/h3-10H,1H3. The summed E-state index contributed by atoms with van der Waals surface area (Å²) in [7, 11) is -3.84. The SMILES string of the molecule is [C-]#[N+]C(=C(I)c1ccc(Cl)cc1)S(=O)(=O)c1ccc(C)cc1. The van der Waals surface area contributed by atoms with Gasteiger partial charge in [0.2, 0.25) is 9.84 Å². The monoisotopic (exact) mass is 443 g/mol. The lowest BCUT2D eigenvalue weighted by Crippen LogP contribution is -2.03. The van der Waals surface area contributed by atoms with Crippen LogP contribution >= 0.6 is 34.2 Å². The van der Waals surface area contributed by atoms with E-state index < -0.39 is 9.84 Å². The van der Waals surface area contributed by atoms with Crippen LogP contribution in [0.25, 0.3) is 8.42 Å². The van der Waals surface area contributed by atoms with Crippen molar-refractivity contribution >= 4 is 47.6 Å². The van der Waals surface area contributed by atoms with Crippen molar-refractivity contribution in [2.24, 2.45) is 0 Å². The third kappa shape index (κ3) is 3.51. The van der Waals surface area contributed by atoms with Crippen molar-refractivity contribution in [2.45, 2.75) is 11.8 Å². The molecule has 0 aliphatic carbocycles. The fraction of sp³-hybridized carbons (Fsp3) is 0.0625. The predicted octanol–water partition coefficient (Wildman–Crippen LogP) is 5.10. The van der Waals surface area contributed by atoms with E-state index in [0.717, 1.165) is 5.56 Å². The van der Waals surface area contributed by atoms with Gasteiger partial charge in [0.1, 0.15) is 0 Å². The molecule has 0 saturated heterocycles. The van der Waals surface area contributed by atoms with Crippen molar-refractivity contribution < 1.29 is 8.42 Å². The summed E-state index contributed by atoms with van der Waals surface area (Å²) in [5.41, 5.74) is 1.60. The Morgan fingerprint density at radius 1 is 1.09 bits per heavy atom. The average molecular weight is 444 g/mol. The number of hydrogen-bond acceptors (Lipinski definition) is 2. The van der Waals surface area contributed by atoms with E-state index in [-0.39, 0.29) is 9.92 Å². The first-order valence-corrected chi connectivity index (χ1v) is 9.15. The maximum Gasteiger partial charge on any atom is 0.296 e. The third-order valence-electron chi connectivity index (χ3n) is 2.97. The van der Waals surface area contributed by atoms with Crippen LogP contribution in [0.1, 0.15) is 11.1 Å². The minimum absolute atomic E-state index is 0.118. The lowest BCUT2D eigenvalue weighted by Gasteiger charge is -2.07. The molecule has 2 rings (SSSR count). The molecular weight excluding hydrogens is 433 g/mol.